The first-order valence-corrected chi connectivity index (χ1v) is 7.38. The monoisotopic (exact) mass is 400 g/mol. The number of benzene rings is 2. The maximum atomic E-state index is 13.1. The van der Waals surface area contributed by atoms with Crippen LogP contribution in [-0.2, 0) is 4.74 Å². The average molecular weight is 400 g/mol. The zero-order chi connectivity index (χ0) is 15.4. The number of nitrogens with two attached hydrogens (primary N) is 1. The Hall–Kier alpha value is -1.83. The Labute approximate surface area is 135 Å². The van der Waals surface area contributed by atoms with Gasteiger partial charge in [-0.2, -0.15) is 0 Å². The van der Waals surface area contributed by atoms with Crippen LogP contribution in [0.2, 0.25) is 0 Å². The van der Waals surface area contributed by atoms with Crippen LogP contribution in [0.25, 0.3) is 0 Å². The van der Waals surface area contributed by atoms with Gasteiger partial charge >= 0.3 is 5.97 Å². The summed E-state index contributed by atoms with van der Waals surface area (Å²) in [4.78, 5) is 11.8. The topological polar surface area (TPSA) is 64.3 Å². The fourth-order valence-corrected chi connectivity index (χ4v) is 2.41. The highest BCUT2D eigenvalue weighted by Gasteiger charge is 2.14. The molecule has 3 N–H and O–H groups in total. The number of carbonyl (C=O) groups excluding carboxylic acids is 1. The highest BCUT2D eigenvalue weighted by Crippen LogP contribution is 2.29. The Morgan fingerprint density at radius 3 is 2.76 bits per heavy atom. The molecule has 0 fully saturated rings. The SMILES string of the molecule is CCOC(=O)c1cccc(Nc2ccc(F)cc2I)c1N. The predicted octanol–water partition coefficient (Wildman–Crippen LogP) is 3.93. The number of ether oxygens (including phenoxy) is 1. The fraction of sp³-hybridized carbons (Fsp3) is 0.133. The van der Waals surface area contributed by atoms with E-state index in [1.54, 1.807) is 31.2 Å². The van der Waals surface area contributed by atoms with Gasteiger partial charge in [0.2, 0.25) is 0 Å². The van der Waals surface area contributed by atoms with Gasteiger partial charge in [0, 0.05) is 3.57 Å². The van der Waals surface area contributed by atoms with Gasteiger partial charge in [0.25, 0.3) is 0 Å². The Morgan fingerprint density at radius 2 is 2.10 bits per heavy atom. The minimum Gasteiger partial charge on any atom is -0.462 e. The predicted molar refractivity (Wildman–Crippen MR) is 89.2 cm³/mol. The van der Waals surface area contributed by atoms with Crippen molar-refractivity contribution >= 4 is 45.6 Å². The van der Waals surface area contributed by atoms with Crippen molar-refractivity contribution in [3.8, 4) is 0 Å². The van der Waals surface area contributed by atoms with Gasteiger partial charge in [0.05, 0.1) is 29.2 Å². The summed E-state index contributed by atoms with van der Waals surface area (Å²) in [6.07, 6.45) is 0. The Bertz CT molecular complexity index is 677. The van der Waals surface area contributed by atoms with Gasteiger partial charge in [-0.15, -0.1) is 0 Å². The normalized spacial score (nSPS) is 10.2. The molecular weight excluding hydrogens is 386 g/mol. The molecule has 0 saturated heterocycles. The van der Waals surface area contributed by atoms with Crippen LogP contribution in [0.5, 0.6) is 0 Å². The number of carbonyl (C=O) groups is 1. The van der Waals surface area contributed by atoms with Gasteiger partial charge in [0.1, 0.15) is 5.82 Å². The molecule has 0 aliphatic rings. The third-order valence-corrected chi connectivity index (χ3v) is 3.69. The first-order valence-electron chi connectivity index (χ1n) is 6.30. The third kappa shape index (κ3) is 3.63. The number of nitrogens with one attached hydrogen (secondary N) is 1. The highest BCUT2D eigenvalue weighted by atomic mass is 127. The van der Waals surface area contributed by atoms with Gasteiger partial charge in [-0.25, -0.2) is 9.18 Å². The number of halogens is 2. The lowest BCUT2D eigenvalue weighted by Gasteiger charge is -2.13. The largest absolute Gasteiger partial charge is 0.462 e. The molecule has 0 heterocycles. The summed E-state index contributed by atoms with van der Waals surface area (Å²) >= 11 is 2.02. The molecule has 0 bridgehead atoms. The second kappa shape index (κ2) is 6.75. The summed E-state index contributed by atoms with van der Waals surface area (Å²) in [6, 6.07) is 9.45. The summed E-state index contributed by atoms with van der Waals surface area (Å²) in [5.74, 6) is -0.773. The standard InChI is InChI=1S/C15H14FIN2O2/c1-2-21-15(20)10-4-3-5-13(14(10)18)19-12-7-6-9(16)8-11(12)17/h3-8,19H,2,18H2,1H3. The number of nitrogen functional groups attached to an aromatic ring is 1. The van der Waals surface area contributed by atoms with E-state index in [2.05, 4.69) is 5.32 Å². The van der Waals surface area contributed by atoms with Crippen molar-refractivity contribution in [1.29, 1.82) is 0 Å². The van der Waals surface area contributed by atoms with E-state index in [0.717, 1.165) is 0 Å². The summed E-state index contributed by atoms with van der Waals surface area (Å²) < 4.78 is 18.8. The zero-order valence-corrected chi connectivity index (χ0v) is 13.5. The molecule has 4 nitrogen and oxygen atoms in total. The molecule has 2 aromatic rings. The van der Waals surface area contributed by atoms with Crippen molar-refractivity contribution < 1.29 is 13.9 Å². The highest BCUT2D eigenvalue weighted by molar-refractivity contribution is 14.1. The van der Waals surface area contributed by atoms with Crippen LogP contribution >= 0.6 is 22.6 Å². The average Bonchev–Trinajstić information content (AvgIpc) is 2.44. The van der Waals surface area contributed by atoms with Crippen LogP contribution in [0.4, 0.5) is 21.5 Å². The Kier molecular flexibility index (Phi) is 5.00. The van der Waals surface area contributed by atoms with Crippen LogP contribution in [0.1, 0.15) is 17.3 Å². The first-order chi connectivity index (χ1) is 10.0. The molecule has 0 amide bonds. The van der Waals surface area contributed by atoms with Crippen molar-refractivity contribution in [2.75, 3.05) is 17.7 Å². The smallest absolute Gasteiger partial charge is 0.340 e. The van der Waals surface area contributed by atoms with E-state index in [0.29, 0.717) is 26.2 Å². The minimum absolute atomic E-state index is 0.284. The number of hydrogen-bond donors (Lipinski definition) is 2. The van der Waals surface area contributed by atoms with Crippen molar-refractivity contribution in [3.05, 3.63) is 51.3 Å². The molecule has 0 radical (unpaired) electrons. The van der Waals surface area contributed by atoms with Crippen molar-refractivity contribution in [3.63, 3.8) is 0 Å². The second-order valence-corrected chi connectivity index (χ2v) is 5.40. The lowest BCUT2D eigenvalue weighted by atomic mass is 10.1. The molecule has 0 aliphatic carbocycles. The zero-order valence-electron chi connectivity index (χ0n) is 11.3. The molecule has 0 aliphatic heterocycles. The number of esters is 1. The van der Waals surface area contributed by atoms with E-state index in [1.807, 2.05) is 22.6 Å². The lowest BCUT2D eigenvalue weighted by Crippen LogP contribution is -2.09. The van der Waals surface area contributed by atoms with E-state index in [4.69, 9.17) is 10.5 Å². The van der Waals surface area contributed by atoms with Crippen molar-refractivity contribution in [2.24, 2.45) is 0 Å². The molecule has 6 heteroatoms. The fourth-order valence-electron chi connectivity index (χ4n) is 1.80. The van der Waals surface area contributed by atoms with Gasteiger partial charge in [-0.05, 0) is 59.8 Å². The lowest BCUT2D eigenvalue weighted by molar-refractivity contribution is 0.0527. The summed E-state index contributed by atoms with van der Waals surface area (Å²) in [6.45, 7) is 2.02. The van der Waals surface area contributed by atoms with Gasteiger partial charge < -0.3 is 15.8 Å². The molecule has 0 spiro atoms. The van der Waals surface area contributed by atoms with Gasteiger partial charge in [-0.3, -0.25) is 0 Å². The van der Waals surface area contributed by atoms with Crippen LogP contribution < -0.4 is 11.1 Å². The third-order valence-electron chi connectivity index (χ3n) is 2.80. The van der Waals surface area contributed by atoms with Crippen molar-refractivity contribution in [2.45, 2.75) is 6.92 Å². The van der Waals surface area contributed by atoms with Gasteiger partial charge in [0.15, 0.2) is 0 Å². The Balaban J connectivity index is 2.32. The molecule has 110 valence electrons. The maximum Gasteiger partial charge on any atom is 0.340 e. The molecule has 21 heavy (non-hydrogen) atoms. The minimum atomic E-state index is -0.465. The molecule has 0 saturated carbocycles. The van der Waals surface area contributed by atoms with Crippen LogP contribution in [0, 0.1) is 9.39 Å². The van der Waals surface area contributed by atoms with E-state index < -0.39 is 5.97 Å². The number of anilines is 3. The summed E-state index contributed by atoms with van der Waals surface area (Å²) in [7, 11) is 0. The summed E-state index contributed by atoms with van der Waals surface area (Å²) in [5, 5.41) is 3.10. The molecule has 2 rings (SSSR count). The first kappa shape index (κ1) is 15.6. The molecule has 0 unspecified atom stereocenters. The number of para-hydroxylation sites is 1. The second-order valence-electron chi connectivity index (χ2n) is 4.24. The van der Waals surface area contributed by atoms with Crippen LogP contribution in [-0.4, -0.2) is 12.6 Å². The number of rotatable bonds is 4. The molecule has 0 atom stereocenters. The summed E-state index contributed by atoms with van der Waals surface area (Å²) in [5.41, 5.74) is 7.90. The van der Waals surface area contributed by atoms with Crippen LogP contribution in [0.3, 0.4) is 0 Å². The quantitative estimate of drug-likeness (QED) is 0.464. The van der Waals surface area contributed by atoms with E-state index in [-0.39, 0.29) is 12.4 Å². The van der Waals surface area contributed by atoms with E-state index in [1.165, 1.54) is 12.1 Å². The van der Waals surface area contributed by atoms with Crippen molar-refractivity contribution in [1.82, 2.24) is 0 Å². The van der Waals surface area contributed by atoms with E-state index in [9.17, 15) is 9.18 Å². The Morgan fingerprint density at radius 1 is 1.33 bits per heavy atom. The molecule has 0 aromatic heterocycles. The van der Waals surface area contributed by atoms with Crippen LogP contribution in [0.15, 0.2) is 36.4 Å². The van der Waals surface area contributed by atoms with Gasteiger partial charge in [-0.1, -0.05) is 6.07 Å². The maximum absolute atomic E-state index is 13.1. The molecule has 2 aromatic carbocycles. The van der Waals surface area contributed by atoms with E-state index >= 15 is 0 Å². The number of hydrogen-bond acceptors (Lipinski definition) is 4. The molecular formula is C15H14FIN2O2.